The maximum atomic E-state index is 12.2. The molecular formula is C7H5ClF2N2O3. The van der Waals surface area contributed by atoms with Crippen molar-refractivity contribution in [2.24, 2.45) is 0 Å². The number of hydrogen-bond donors (Lipinski definition) is 0. The lowest BCUT2D eigenvalue weighted by Gasteiger charge is -2.05. The largest absolute Gasteiger partial charge is 0.476 e. The minimum Gasteiger partial charge on any atom is -0.476 e. The number of nitrogens with zero attached hydrogens (tertiary/aromatic N) is 2. The molecule has 15 heavy (non-hydrogen) atoms. The zero-order valence-corrected chi connectivity index (χ0v) is 8.16. The van der Waals surface area contributed by atoms with Crippen molar-refractivity contribution in [3.63, 3.8) is 0 Å². The van der Waals surface area contributed by atoms with Crippen LogP contribution in [0.2, 0.25) is 5.02 Å². The number of halogens is 3. The molecule has 1 aromatic rings. The first kappa shape index (κ1) is 11.6. The lowest BCUT2D eigenvalue weighted by molar-refractivity contribution is -0.386. The van der Waals surface area contributed by atoms with E-state index in [1.165, 1.54) is 0 Å². The van der Waals surface area contributed by atoms with Crippen LogP contribution in [-0.4, -0.2) is 17.0 Å². The summed E-state index contributed by atoms with van der Waals surface area (Å²) in [6, 6.07) is 0.743. The number of nitro groups is 1. The van der Waals surface area contributed by atoms with Crippen LogP contribution in [0.5, 0.6) is 5.88 Å². The van der Waals surface area contributed by atoms with Crippen LogP contribution in [0.4, 0.5) is 14.5 Å². The number of alkyl halides is 2. The molecule has 0 unspecified atom stereocenters. The molecule has 8 heteroatoms. The minimum absolute atomic E-state index is 0.429. The minimum atomic E-state index is -2.86. The molecule has 0 aliphatic heterocycles. The van der Waals surface area contributed by atoms with Crippen LogP contribution in [0.25, 0.3) is 0 Å². The van der Waals surface area contributed by atoms with Crippen LogP contribution in [0, 0.1) is 10.1 Å². The van der Waals surface area contributed by atoms with Gasteiger partial charge in [-0.3, -0.25) is 10.1 Å². The first-order valence-electron chi connectivity index (χ1n) is 3.64. The van der Waals surface area contributed by atoms with E-state index in [1.54, 1.807) is 0 Å². The van der Waals surface area contributed by atoms with Gasteiger partial charge in [-0.05, 0) is 6.07 Å². The molecule has 5 nitrogen and oxygen atoms in total. The van der Waals surface area contributed by atoms with E-state index in [0.717, 1.165) is 13.2 Å². The van der Waals surface area contributed by atoms with Crippen LogP contribution in [0.1, 0.15) is 12.1 Å². The van der Waals surface area contributed by atoms with Gasteiger partial charge in [-0.2, -0.15) is 0 Å². The van der Waals surface area contributed by atoms with Crippen molar-refractivity contribution in [3.05, 3.63) is 26.9 Å². The van der Waals surface area contributed by atoms with Gasteiger partial charge in [0.05, 0.1) is 12.0 Å². The molecule has 1 heterocycles. The van der Waals surface area contributed by atoms with Gasteiger partial charge in [0.1, 0.15) is 10.7 Å². The summed E-state index contributed by atoms with van der Waals surface area (Å²) < 4.78 is 29.0. The number of pyridine rings is 1. The molecule has 0 bridgehead atoms. The van der Waals surface area contributed by atoms with E-state index in [1.807, 2.05) is 0 Å². The van der Waals surface area contributed by atoms with Crippen LogP contribution in [0.15, 0.2) is 6.07 Å². The molecule has 82 valence electrons. The summed E-state index contributed by atoms with van der Waals surface area (Å²) in [5, 5.41) is 10.1. The highest BCUT2D eigenvalue weighted by molar-refractivity contribution is 6.32. The summed E-state index contributed by atoms with van der Waals surface area (Å²) in [5.74, 6) is -0.525. The van der Waals surface area contributed by atoms with Gasteiger partial charge in [-0.1, -0.05) is 11.6 Å². The second-order valence-electron chi connectivity index (χ2n) is 2.44. The number of ether oxygens (including phenoxy) is 1. The monoisotopic (exact) mass is 238 g/mol. The van der Waals surface area contributed by atoms with E-state index < -0.39 is 33.6 Å². The van der Waals surface area contributed by atoms with E-state index in [-0.39, 0.29) is 0 Å². The lowest BCUT2D eigenvalue weighted by Crippen LogP contribution is -2.00. The molecule has 0 saturated heterocycles. The van der Waals surface area contributed by atoms with Gasteiger partial charge in [0.2, 0.25) is 0 Å². The molecule has 0 spiro atoms. The quantitative estimate of drug-likeness (QED) is 0.600. The summed E-state index contributed by atoms with van der Waals surface area (Å²) in [4.78, 5) is 12.9. The number of hydrogen-bond acceptors (Lipinski definition) is 4. The van der Waals surface area contributed by atoms with Gasteiger partial charge < -0.3 is 4.74 Å². The zero-order valence-electron chi connectivity index (χ0n) is 7.41. The van der Waals surface area contributed by atoms with Gasteiger partial charge in [0.25, 0.3) is 12.3 Å². The predicted octanol–water partition coefficient (Wildman–Crippen LogP) is 2.59. The normalized spacial score (nSPS) is 10.5. The fourth-order valence-electron chi connectivity index (χ4n) is 0.922. The van der Waals surface area contributed by atoms with Gasteiger partial charge in [-0.15, -0.1) is 0 Å². The van der Waals surface area contributed by atoms with Gasteiger partial charge in [0.15, 0.2) is 0 Å². The number of aromatic nitrogens is 1. The molecule has 0 aliphatic carbocycles. The van der Waals surface area contributed by atoms with Crippen LogP contribution in [-0.2, 0) is 0 Å². The Kier molecular flexibility index (Phi) is 3.35. The molecule has 0 atom stereocenters. The average molecular weight is 239 g/mol. The summed E-state index contributed by atoms with van der Waals surface area (Å²) in [7, 11) is 1.08. The predicted molar refractivity (Wildman–Crippen MR) is 47.4 cm³/mol. The highest BCUT2D eigenvalue weighted by Gasteiger charge is 2.25. The Morgan fingerprint density at radius 3 is 2.67 bits per heavy atom. The van der Waals surface area contributed by atoms with Crippen molar-refractivity contribution < 1.29 is 18.4 Å². The fourth-order valence-corrected chi connectivity index (χ4v) is 1.18. The maximum Gasteiger partial charge on any atom is 0.349 e. The summed E-state index contributed by atoms with van der Waals surface area (Å²) >= 11 is 5.46. The van der Waals surface area contributed by atoms with E-state index in [9.17, 15) is 18.9 Å². The van der Waals surface area contributed by atoms with E-state index in [0.29, 0.717) is 0 Å². The van der Waals surface area contributed by atoms with Crippen molar-refractivity contribution in [1.82, 2.24) is 4.98 Å². The van der Waals surface area contributed by atoms with E-state index >= 15 is 0 Å². The summed E-state index contributed by atoms with van der Waals surface area (Å²) in [6.45, 7) is 0. The van der Waals surface area contributed by atoms with Gasteiger partial charge in [0, 0.05) is 0 Å². The third kappa shape index (κ3) is 2.30. The lowest BCUT2D eigenvalue weighted by atomic mass is 10.3. The molecule has 0 saturated carbocycles. The molecule has 0 aromatic carbocycles. The van der Waals surface area contributed by atoms with Crippen LogP contribution < -0.4 is 4.74 Å². The second-order valence-corrected chi connectivity index (χ2v) is 2.85. The van der Waals surface area contributed by atoms with E-state index in [4.69, 9.17) is 11.6 Å². The second kappa shape index (κ2) is 4.35. The molecule has 1 aromatic heterocycles. The third-order valence-corrected chi connectivity index (χ3v) is 1.82. The van der Waals surface area contributed by atoms with Crippen molar-refractivity contribution in [1.29, 1.82) is 0 Å². The Hall–Kier alpha value is -1.50. The van der Waals surface area contributed by atoms with Crippen molar-refractivity contribution in [2.45, 2.75) is 6.43 Å². The van der Waals surface area contributed by atoms with E-state index in [2.05, 4.69) is 9.72 Å². The summed E-state index contributed by atoms with van der Waals surface area (Å²) in [5.41, 5.74) is -1.29. The van der Waals surface area contributed by atoms with Gasteiger partial charge >= 0.3 is 5.69 Å². The highest BCUT2D eigenvalue weighted by Crippen LogP contribution is 2.35. The maximum absolute atomic E-state index is 12.2. The standard InChI is InChI=1S/C7H5ClF2N2O3/c1-15-7-5(12(13)14)3(8)2-4(11-7)6(9)10/h2,6H,1H3. The van der Waals surface area contributed by atoms with Crippen molar-refractivity contribution in [3.8, 4) is 5.88 Å². The highest BCUT2D eigenvalue weighted by atomic mass is 35.5. The summed E-state index contributed by atoms with van der Waals surface area (Å²) in [6.07, 6.45) is -2.86. The molecule has 0 radical (unpaired) electrons. The third-order valence-electron chi connectivity index (χ3n) is 1.53. The Morgan fingerprint density at radius 1 is 1.67 bits per heavy atom. The Balaban J connectivity index is 3.37. The Labute approximate surface area is 87.8 Å². The topological polar surface area (TPSA) is 65.3 Å². The molecular weight excluding hydrogens is 234 g/mol. The van der Waals surface area contributed by atoms with Crippen molar-refractivity contribution in [2.75, 3.05) is 7.11 Å². The van der Waals surface area contributed by atoms with Crippen molar-refractivity contribution >= 4 is 17.3 Å². The first-order chi connectivity index (χ1) is 6.97. The first-order valence-corrected chi connectivity index (χ1v) is 4.02. The Bertz CT molecular complexity index is 400. The van der Waals surface area contributed by atoms with Gasteiger partial charge in [-0.25, -0.2) is 13.8 Å². The smallest absolute Gasteiger partial charge is 0.349 e. The molecule has 0 fully saturated rings. The molecule has 0 aliphatic rings. The molecule has 0 N–H and O–H groups in total. The average Bonchev–Trinajstić information content (AvgIpc) is 2.15. The molecule has 1 rings (SSSR count). The Morgan fingerprint density at radius 2 is 2.27 bits per heavy atom. The van der Waals surface area contributed by atoms with Crippen LogP contribution >= 0.6 is 11.6 Å². The number of rotatable bonds is 3. The van der Waals surface area contributed by atoms with Crippen LogP contribution in [0.3, 0.4) is 0 Å². The molecule has 0 amide bonds. The SMILES string of the molecule is COc1nc(C(F)F)cc(Cl)c1[N+](=O)[O-]. The fraction of sp³-hybridized carbons (Fsp3) is 0.286. The zero-order chi connectivity index (χ0) is 11.6. The number of methoxy groups -OCH3 is 1.